The van der Waals surface area contributed by atoms with Crippen LogP contribution in [0, 0.1) is 6.92 Å². The van der Waals surface area contributed by atoms with Gasteiger partial charge in [0.1, 0.15) is 0 Å². The van der Waals surface area contributed by atoms with Crippen molar-refractivity contribution >= 4 is 11.8 Å². The Morgan fingerprint density at radius 2 is 2.13 bits per heavy atom. The summed E-state index contributed by atoms with van der Waals surface area (Å²) in [6.45, 7) is 4.26. The van der Waals surface area contributed by atoms with Gasteiger partial charge in [-0.1, -0.05) is 36.9 Å². The summed E-state index contributed by atoms with van der Waals surface area (Å²) in [6.07, 6.45) is 3.87. The molecular formula is C12H14N2S. The quantitative estimate of drug-likeness (QED) is 0.736. The third-order valence-corrected chi connectivity index (χ3v) is 3.10. The van der Waals surface area contributed by atoms with E-state index in [1.165, 1.54) is 11.3 Å². The average Bonchev–Trinajstić information content (AvgIpc) is 2.67. The molecule has 1 heterocycles. The molecule has 0 N–H and O–H groups in total. The Labute approximate surface area is 94.3 Å². The van der Waals surface area contributed by atoms with Gasteiger partial charge in [0.2, 0.25) is 0 Å². The zero-order chi connectivity index (χ0) is 10.7. The summed E-state index contributed by atoms with van der Waals surface area (Å²) >= 11 is 1.76. The molecule has 0 saturated carbocycles. The van der Waals surface area contributed by atoms with Crippen LogP contribution in [0.5, 0.6) is 0 Å². The topological polar surface area (TPSA) is 17.8 Å². The SMILES string of the molecule is CCSc1nccn1-c1ccccc1C. The molecule has 0 saturated heterocycles. The molecule has 0 unspecified atom stereocenters. The maximum atomic E-state index is 4.35. The minimum absolute atomic E-state index is 1.04. The number of benzene rings is 1. The third-order valence-electron chi connectivity index (χ3n) is 2.26. The van der Waals surface area contributed by atoms with E-state index in [1.54, 1.807) is 11.8 Å². The first kappa shape index (κ1) is 10.3. The van der Waals surface area contributed by atoms with Crippen molar-refractivity contribution in [2.45, 2.75) is 19.0 Å². The van der Waals surface area contributed by atoms with E-state index < -0.39 is 0 Å². The molecule has 0 aliphatic heterocycles. The van der Waals surface area contributed by atoms with Gasteiger partial charge in [0.15, 0.2) is 5.16 Å². The molecule has 0 aliphatic carbocycles. The van der Waals surface area contributed by atoms with E-state index in [1.807, 2.05) is 12.4 Å². The van der Waals surface area contributed by atoms with Crippen LogP contribution in [0.2, 0.25) is 0 Å². The number of hydrogen-bond acceptors (Lipinski definition) is 2. The predicted molar refractivity (Wildman–Crippen MR) is 64.7 cm³/mol. The summed E-state index contributed by atoms with van der Waals surface area (Å²) in [4.78, 5) is 4.35. The van der Waals surface area contributed by atoms with Crippen LogP contribution in [0.4, 0.5) is 0 Å². The molecule has 0 spiro atoms. The minimum atomic E-state index is 1.04. The van der Waals surface area contributed by atoms with E-state index in [9.17, 15) is 0 Å². The van der Waals surface area contributed by atoms with Gasteiger partial charge in [0.25, 0.3) is 0 Å². The molecule has 0 radical (unpaired) electrons. The Morgan fingerprint density at radius 1 is 1.33 bits per heavy atom. The van der Waals surface area contributed by atoms with Gasteiger partial charge in [-0.15, -0.1) is 0 Å². The first-order valence-electron chi connectivity index (χ1n) is 5.05. The number of thioether (sulfide) groups is 1. The molecule has 78 valence electrons. The number of aromatic nitrogens is 2. The standard InChI is InChI=1S/C12H14N2S/c1-3-15-12-13-8-9-14(12)11-7-5-4-6-10(11)2/h4-9H,3H2,1-2H3. The molecule has 0 atom stereocenters. The maximum absolute atomic E-state index is 4.35. The highest BCUT2D eigenvalue weighted by molar-refractivity contribution is 7.99. The Kier molecular flexibility index (Phi) is 3.11. The predicted octanol–water partition coefficient (Wildman–Crippen LogP) is 3.29. The second kappa shape index (κ2) is 4.53. The van der Waals surface area contributed by atoms with Crippen molar-refractivity contribution in [3.05, 3.63) is 42.2 Å². The zero-order valence-corrected chi connectivity index (χ0v) is 9.79. The van der Waals surface area contributed by atoms with Crippen LogP contribution >= 0.6 is 11.8 Å². The molecule has 2 rings (SSSR count). The maximum Gasteiger partial charge on any atom is 0.172 e. The summed E-state index contributed by atoms with van der Waals surface area (Å²) in [5, 5.41) is 1.06. The molecule has 0 bridgehead atoms. The lowest BCUT2D eigenvalue weighted by Gasteiger charge is -2.09. The van der Waals surface area contributed by atoms with Crippen LogP contribution in [0.3, 0.4) is 0 Å². The molecular weight excluding hydrogens is 204 g/mol. The second-order valence-corrected chi connectivity index (χ2v) is 4.53. The molecule has 15 heavy (non-hydrogen) atoms. The summed E-state index contributed by atoms with van der Waals surface area (Å²) in [5.41, 5.74) is 2.49. The molecule has 0 aliphatic rings. The monoisotopic (exact) mass is 218 g/mol. The van der Waals surface area contributed by atoms with Crippen molar-refractivity contribution in [2.24, 2.45) is 0 Å². The van der Waals surface area contributed by atoms with Crippen LogP contribution in [0.1, 0.15) is 12.5 Å². The number of imidazole rings is 1. The van der Waals surface area contributed by atoms with Gasteiger partial charge in [-0.25, -0.2) is 4.98 Å². The van der Waals surface area contributed by atoms with Crippen LogP contribution in [-0.4, -0.2) is 15.3 Å². The number of rotatable bonds is 3. The van der Waals surface area contributed by atoms with Crippen molar-refractivity contribution in [3.8, 4) is 5.69 Å². The highest BCUT2D eigenvalue weighted by Crippen LogP contribution is 2.21. The lowest BCUT2D eigenvalue weighted by Crippen LogP contribution is -1.97. The van der Waals surface area contributed by atoms with Crippen LogP contribution in [0.25, 0.3) is 5.69 Å². The molecule has 1 aromatic carbocycles. The fourth-order valence-corrected chi connectivity index (χ4v) is 2.23. The Hall–Kier alpha value is -1.22. The van der Waals surface area contributed by atoms with E-state index in [4.69, 9.17) is 0 Å². The van der Waals surface area contributed by atoms with E-state index in [-0.39, 0.29) is 0 Å². The third kappa shape index (κ3) is 2.07. The molecule has 0 fully saturated rings. The van der Waals surface area contributed by atoms with Crippen LogP contribution < -0.4 is 0 Å². The smallest absolute Gasteiger partial charge is 0.172 e. The first-order chi connectivity index (χ1) is 7.33. The number of para-hydroxylation sites is 1. The molecule has 0 amide bonds. The summed E-state index contributed by atoms with van der Waals surface area (Å²) in [7, 11) is 0. The van der Waals surface area contributed by atoms with Gasteiger partial charge in [0.05, 0.1) is 5.69 Å². The van der Waals surface area contributed by atoms with E-state index in [0.717, 1.165) is 10.9 Å². The highest BCUT2D eigenvalue weighted by atomic mass is 32.2. The Bertz CT molecular complexity index is 448. The molecule has 2 aromatic rings. The van der Waals surface area contributed by atoms with Gasteiger partial charge < -0.3 is 0 Å². The lowest BCUT2D eigenvalue weighted by molar-refractivity contribution is 0.888. The van der Waals surface area contributed by atoms with E-state index in [0.29, 0.717) is 0 Å². The van der Waals surface area contributed by atoms with Crippen LogP contribution in [0.15, 0.2) is 41.8 Å². The highest BCUT2D eigenvalue weighted by Gasteiger charge is 2.05. The van der Waals surface area contributed by atoms with Gasteiger partial charge in [0, 0.05) is 12.4 Å². The average molecular weight is 218 g/mol. The van der Waals surface area contributed by atoms with Crippen LogP contribution in [-0.2, 0) is 0 Å². The normalized spacial score (nSPS) is 10.5. The van der Waals surface area contributed by atoms with Gasteiger partial charge in [-0.05, 0) is 24.3 Å². The van der Waals surface area contributed by atoms with Crippen molar-refractivity contribution in [1.82, 2.24) is 9.55 Å². The lowest BCUT2D eigenvalue weighted by atomic mass is 10.2. The minimum Gasteiger partial charge on any atom is -0.295 e. The van der Waals surface area contributed by atoms with Gasteiger partial charge >= 0.3 is 0 Å². The molecule has 2 nitrogen and oxygen atoms in total. The second-order valence-electron chi connectivity index (χ2n) is 3.30. The Morgan fingerprint density at radius 3 is 2.87 bits per heavy atom. The van der Waals surface area contributed by atoms with Crippen molar-refractivity contribution in [3.63, 3.8) is 0 Å². The fraction of sp³-hybridized carbons (Fsp3) is 0.250. The molecule has 3 heteroatoms. The van der Waals surface area contributed by atoms with E-state index in [2.05, 4.69) is 47.7 Å². The molecule has 1 aromatic heterocycles. The Balaban J connectivity index is 2.45. The van der Waals surface area contributed by atoms with E-state index >= 15 is 0 Å². The van der Waals surface area contributed by atoms with Crippen molar-refractivity contribution < 1.29 is 0 Å². The van der Waals surface area contributed by atoms with Crippen molar-refractivity contribution in [1.29, 1.82) is 0 Å². The fourth-order valence-electron chi connectivity index (χ4n) is 1.54. The number of nitrogens with zero attached hydrogens (tertiary/aromatic N) is 2. The number of hydrogen-bond donors (Lipinski definition) is 0. The van der Waals surface area contributed by atoms with Crippen molar-refractivity contribution in [2.75, 3.05) is 5.75 Å². The van der Waals surface area contributed by atoms with Gasteiger partial charge in [-0.3, -0.25) is 4.57 Å². The summed E-state index contributed by atoms with van der Waals surface area (Å²) in [6, 6.07) is 8.36. The largest absolute Gasteiger partial charge is 0.295 e. The first-order valence-corrected chi connectivity index (χ1v) is 6.03. The zero-order valence-electron chi connectivity index (χ0n) is 8.97. The number of aryl methyl sites for hydroxylation is 1. The summed E-state index contributed by atoms with van der Waals surface area (Å²) < 4.78 is 2.14. The van der Waals surface area contributed by atoms with Gasteiger partial charge in [-0.2, -0.15) is 0 Å². The summed E-state index contributed by atoms with van der Waals surface area (Å²) in [5.74, 6) is 1.04.